The molecular formula is C16H18N2O. The third-order valence-corrected chi connectivity index (χ3v) is 3.72. The molecule has 1 aromatic carbocycles. The molecule has 3 rings (SSSR count). The van der Waals surface area contributed by atoms with Crippen molar-refractivity contribution >= 4 is 22.6 Å². The van der Waals surface area contributed by atoms with Crippen LogP contribution in [0.3, 0.4) is 0 Å². The maximum atomic E-state index is 12.2. The highest BCUT2D eigenvalue weighted by Gasteiger charge is 2.28. The monoisotopic (exact) mass is 254 g/mol. The first-order chi connectivity index (χ1) is 9.08. The van der Waals surface area contributed by atoms with Gasteiger partial charge in [0, 0.05) is 17.8 Å². The van der Waals surface area contributed by atoms with Crippen LogP contribution in [0.5, 0.6) is 0 Å². The molecule has 0 radical (unpaired) electrons. The Bertz CT molecular complexity index is 661. The molecule has 1 amide bonds. The second-order valence-electron chi connectivity index (χ2n) is 5.51. The number of fused-ring (bicyclic) bond motifs is 2. The summed E-state index contributed by atoms with van der Waals surface area (Å²) in [6, 6.07) is 8.38. The minimum absolute atomic E-state index is 0.0142. The van der Waals surface area contributed by atoms with Gasteiger partial charge < -0.3 is 0 Å². The van der Waals surface area contributed by atoms with E-state index in [9.17, 15) is 4.79 Å². The fourth-order valence-corrected chi connectivity index (χ4v) is 2.66. The van der Waals surface area contributed by atoms with E-state index in [1.807, 2.05) is 18.7 Å². The number of pyridine rings is 1. The van der Waals surface area contributed by atoms with Crippen molar-refractivity contribution in [2.45, 2.75) is 27.2 Å². The number of carbonyl (C=O) groups is 1. The third-order valence-electron chi connectivity index (χ3n) is 3.72. The highest BCUT2D eigenvalue weighted by molar-refractivity contribution is 5.97. The quantitative estimate of drug-likeness (QED) is 0.783. The largest absolute Gasteiger partial charge is 0.296 e. The number of hydrogen-bond acceptors (Lipinski definition) is 2. The lowest BCUT2D eigenvalue weighted by atomic mass is 10.1. The molecule has 0 spiro atoms. The Morgan fingerprint density at radius 3 is 2.89 bits per heavy atom. The van der Waals surface area contributed by atoms with Crippen molar-refractivity contribution in [3.63, 3.8) is 0 Å². The van der Waals surface area contributed by atoms with Gasteiger partial charge in [-0.1, -0.05) is 32.0 Å². The summed E-state index contributed by atoms with van der Waals surface area (Å²) in [6.45, 7) is 6.69. The van der Waals surface area contributed by atoms with Gasteiger partial charge in [-0.3, -0.25) is 9.69 Å². The van der Waals surface area contributed by atoms with Crippen molar-refractivity contribution in [1.29, 1.82) is 0 Å². The Balaban J connectivity index is 2.15. The van der Waals surface area contributed by atoms with Crippen molar-refractivity contribution in [2.24, 2.45) is 5.92 Å². The Labute approximate surface area is 113 Å². The predicted molar refractivity (Wildman–Crippen MR) is 77.4 cm³/mol. The molecule has 3 heteroatoms. The van der Waals surface area contributed by atoms with Crippen LogP contribution >= 0.6 is 0 Å². The Morgan fingerprint density at radius 2 is 2.16 bits per heavy atom. The molecule has 0 atom stereocenters. The molecule has 98 valence electrons. The van der Waals surface area contributed by atoms with Crippen LogP contribution in [0.4, 0.5) is 5.82 Å². The smallest absolute Gasteiger partial charge is 0.230 e. The van der Waals surface area contributed by atoms with E-state index >= 15 is 0 Å². The molecule has 1 aliphatic rings. The number of carbonyl (C=O) groups excluding carboxylic acids is 1. The summed E-state index contributed by atoms with van der Waals surface area (Å²) in [7, 11) is 0. The lowest BCUT2D eigenvalue weighted by Gasteiger charge is -2.19. The summed E-state index contributed by atoms with van der Waals surface area (Å²) in [5, 5.41) is 1.16. The molecule has 0 saturated carbocycles. The number of aromatic nitrogens is 1. The molecule has 1 aromatic heterocycles. The number of nitrogens with zero attached hydrogens (tertiary/aromatic N) is 2. The van der Waals surface area contributed by atoms with E-state index in [0.717, 1.165) is 35.2 Å². The molecule has 19 heavy (non-hydrogen) atoms. The second kappa shape index (κ2) is 4.34. The van der Waals surface area contributed by atoms with Crippen LogP contribution in [0.15, 0.2) is 24.3 Å². The lowest BCUT2D eigenvalue weighted by Crippen LogP contribution is -2.33. The first kappa shape index (κ1) is 12.2. The number of benzene rings is 1. The Hall–Kier alpha value is -1.90. The summed E-state index contributed by atoms with van der Waals surface area (Å²) in [5.41, 5.74) is 3.35. The molecule has 0 N–H and O–H groups in total. The van der Waals surface area contributed by atoms with Crippen molar-refractivity contribution in [1.82, 2.24) is 4.98 Å². The number of anilines is 1. The summed E-state index contributed by atoms with van der Waals surface area (Å²) in [6.07, 6.45) is 0.907. The predicted octanol–water partition coefficient (Wildman–Crippen LogP) is 3.09. The molecule has 0 aliphatic carbocycles. The molecule has 0 unspecified atom stereocenters. The normalized spacial score (nSPS) is 14.2. The average molecular weight is 254 g/mol. The highest BCUT2D eigenvalue weighted by Crippen LogP contribution is 2.31. The van der Waals surface area contributed by atoms with E-state index in [1.54, 1.807) is 0 Å². The van der Waals surface area contributed by atoms with Gasteiger partial charge in [0.2, 0.25) is 5.91 Å². The molecule has 0 saturated heterocycles. The highest BCUT2D eigenvalue weighted by atomic mass is 16.2. The standard InChI is InChI=1S/C16H18N2O/c1-10(2)16(19)18-8-7-13-9-12-6-4-5-11(3)14(12)17-15(13)18/h4-6,9-10H,7-8H2,1-3H3. The van der Waals surface area contributed by atoms with Crippen LogP contribution in [0.1, 0.15) is 25.0 Å². The van der Waals surface area contributed by atoms with Gasteiger partial charge in [0.1, 0.15) is 5.82 Å². The van der Waals surface area contributed by atoms with E-state index in [2.05, 4.69) is 31.2 Å². The van der Waals surface area contributed by atoms with Gasteiger partial charge in [-0.2, -0.15) is 0 Å². The minimum atomic E-state index is 0.0142. The van der Waals surface area contributed by atoms with E-state index in [-0.39, 0.29) is 11.8 Å². The number of hydrogen-bond donors (Lipinski definition) is 0. The fraction of sp³-hybridized carbons (Fsp3) is 0.375. The zero-order chi connectivity index (χ0) is 13.6. The van der Waals surface area contributed by atoms with Crippen LogP contribution in [-0.2, 0) is 11.2 Å². The van der Waals surface area contributed by atoms with Crippen LogP contribution < -0.4 is 4.90 Å². The zero-order valence-electron chi connectivity index (χ0n) is 11.6. The van der Waals surface area contributed by atoms with Crippen LogP contribution in [0, 0.1) is 12.8 Å². The third kappa shape index (κ3) is 1.89. The van der Waals surface area contributed by atoms with Gasteiger partial charge in [-0.05, 0) is 30.5 Å². The van der Waals surface area contributed by atoms with Gasteiger partial charge in [-0.25, -0.2) is 4.98 Å². The summed E-state index contributed by atoms with van der Waals surface area (Å²) >= 11 is 0. The maximum absolute atomic E-state index is 12.2. The van der Waals surface area contributed by atoms with Gasteiger partial charge in [0.15, 0.2) is 0 Å². The van der Waals surface area contributed by atoms with Crippen molar-refractivity contribution in [3.05, 3.63) is 35.4 Å². The maximum Gasteiger partial charge on any atom is 0.230 e. The molecule has 2 heterocycles. The van der Waals surface area contributed by atoms with Gasteiger partial charge in [-0.15, -0.1) is 0 Å². The summed E-state index contributed by atoms with van der Waals surface area (Å²) in [5.74, 6) is 1.04. The van der Waals surface area contributed by atoms with Gasteiger partial charge >= 0.3 is 0 Å². The molecular weight excluding hydrogens is 236 g/mol. The lowest BCUT2D eigenvalue weighted by molar-refractivity contribution is -0.121. The molecule has 2 aromatic rings. The number of para-hydroxylation sites is 1. The van der Waals surface area contributed by atoms with Gasteiger partial charge in [0.05, 0.1) is 5.52 Å². The molecule has 3 nitrogen and oxygen atoms in total. The second-order valence-corrected chi connectivity index (χ2v) is 5.51. The topological polar surface area (TPSA) is 33.2 Å². The van der Waals surface area contributed by atoms with Crippen molar-refractivity contribution in [3.8, 4) is 0 Å². The van der Waals surface area contributed by atoms with Crippen molar-refractivity contribution < 1.29 is 4.79 Å². The Kier molecular flexibility index (Phi) is 2.77. The van der Waals surface area contributed by atoms with Crippen LogP contribution in [0.25, 0.3) is 10.9 Å². The van der Waals surface area contributed by atoms with E-state index in [0.29, 0.717) is 0 Å². The average Bonchev–Trinajstić information content (AvgIpc) is 2.79. The summed E-state index contributed by atoms with van der Waals surface area (Å²) in [4.78, 5) is 18.8. The molecule has 0 fully saturated rings. The SMILES string of the molecule is Cc1cccc2cc3c(nc12)N(C(=O)C(C)C)CC3. The number of rotatable bonds is 1. The Morgan fingerprint density at radius 1 is 1.37 bits per heavy atom. The van der Waals surface area contributed by atoms with Crippen molar-refractivity contribution in [2.75, 3.05) is 11.4 Å². The van der Waals surface area contributed by atoms with E-state index in [1.165, 1.54) is 5.56 Å². The number of aryl methyl sites for hydroxylation is 1. The minimum Gasteiger partial charge on any atom is -0.296 e. The zero-order valence-corrected chi connectivity index (χ0v) is 11.6. The first-order valence-electron chi connectivity index (χ1n) is 6.78. The van der Waals surface area contributed by atoms with Gasteiger partial charge in [0.25, 0.3) is 0 Å². The van der Waals surface area contributed by atoms with E-state index < -0.39 is 0 Å². The summed E-state index contributed by atoms with van der Waals surface area (Å²) < 4.78 is 0. The molecule has 0 bridgehead atoms. The fourth-order valence-electron chi connectivity index (χ4n) is 2.66. The first-order valence-corrected chi connectivity index (χ1v) is 6.78. The number of amides is 1. The molecule has 1 aliphatic heterocycles. The van der Waals surface area contributed by atoms with Crippen LogP contribution in [-0.4, -0.2) is 17.4 Å². The van der Waals surface area contributed by atoms with Crippen LogP contribution in [0.2, 0.25) is 0 Å². The van der Waals surface area contributed by atoms with E-state index in [4.69, 9.17) is 4.98 Å².